The Morgan fingerprint density at radius 1 is 1.25 bits per heavy atom. The molecule has 0 amide bonds. The lowest BCUT2D eigenvalue weighted by molar-refractivity contribution is 1.20. The second-order valence-corrected chi connectivity index (χ2v) is 3.31. The lowest BCUT2D eigenvalue weighted by atomic mass is 10.2. The van der Waals surface area contributed by atoms with Crippen molar-refractivity contribution >= 4 is 17.0 Å². The topological polar surface area (TPSA) is 93.4 Å². The van der Waals surface area contributed by atoms with Gasteiger partial charge in [0.2, 0.25) is 0 Å². The first-order chi connectivity index (χ1) is 7.83. The SMILES string of the molecule is Nc1cc(-c2nc3ncncc3[nH]2)ccn1. The second kappa shape index (κ2) is 3.27. The van der Waals surface area contributed by atoms with Gasteiger partial charge in [0.1, 0.15) is 23.5 Å². The minimum atomic E-state index is 0.462. The van der Waals surface area contributed by atoms with Gasteiger partial charge in [-0.3, -0.25) is 0 Å². The highest BCUT2D eigenvalue weighted by molar-refractivity contribution is 5.75. The summed E-state index contributed by atoms with van der Waals surface area (Å²) in [6.07, 6.45) is 4.79. The molecule has 6 heteroatoms. The van der Waals surface area contributed by atoms with Gasteiger partial charge in [0, 0.05) is 11.8 Å². The van der Waals surface area contributed by atoms with Gasteiger partial charge in [-0.2, -0.15) is 0 Å². The number of nitrogens with two attached hydrogens (primary N) is 1. The molecular formula is C10H8N6. The van der Waals surface area contributed by atoms with E-state index in [4.69, 9.17) is 5.73 Å². The molecule has 3 rings (SSSR count). The van der Waals surface area contributed by atoms with Gasteiger partial charge in [0.25, 0.3) is 0 Å². The number of imidazole rings is 1. The van der Waals surface area contributed by atoms with E-state index in [2.05, 4.69) is 24.9 Å². The Hall–Kier alpha value is -2.50. The summed E-state index contributed by atoms with van der Waals surface area (Å²) in [7, 11) is 0. The Labute approximate surface area is 90.6 Å². The average molecular weight is 212 g/mol. The molecule has 0 saturated heterocycles. The number of nitrogens with zero attached hydrogens (tertiary/aromatic N) is 4. The molecule has 3 heterocycles. The predicted octanol–water partition coefficient (Wildman–Crippen LogP) is 0.997. The Balaban J connectivity index is 2.19. The van der Waals surface area contributed by atoms with Crippen molar-refractivity contribution in [1.29, 1.82) is 0 Å². The molecule has 0 unspecified atom stereocenters. The number of aromatic nitrogens is 5. The standard InChI is InChI=1S/C10H8N6/c11-8-3-6(1-2-13-8)9-15-7-4-12-5-14-10(7)16-9/h1-5H,(H2,11,13)(H,12,14,15,16). The van der Waals surface area contributed by atoms with Crippen LogP contribution < -0.4 is 5.73 Å². The van der Waals surface area contributed by atoms with E-state index in [0.29, 0.717) is 17.3 Å². The molecular weight excluding hydrogens is 204 g/mol. The van der Waals surface area contributed by atoms with Gasteiger partial charge in [0.15, 0.2) is 5.65 Å². The molecule has 3 N–H and O–H groups in total. The summed E-state index contributed by atoms with van der Waals surface area (Å²) in [6.45, 7) is 0. The third kappa shape index (κ3) is 1.36. The molecule has 0 fully saturated rings. The lowest BCUT2D eigenvalue weighted by Crippen LogP contribution is -1.90. The molecule has 78 valence electrons. The fourth-order valence-electron chi connectivity index (χ4n) is 1.49. The highest BCUT2D eigenvalue weighted by Gasteiger charge is 2.05. The van der Waals surface area contributed by atoms with Crippen molar-refractivity contribution in [2.24, 2.45) is 0 Å². The number of anilines is 1. The van der Waals surface area contributed by atoms with Crippen LogP contribution in [0, 0.1) is 0 Å². The first-order valence-electron chi connectivity index (χ1n) is 4.70. The number of aromatic amines is 1. The highest BCUT2D eigenvalue weighted by Crippen LogP contribution is 2.19. The van der Waals surface area contributed by atoms with Crippen LogP contribution in [0.25, 0.3) is 22.6 Å². The van der Waals surface area contributed by atoms with Crippen molar-refractivity contribution in [3.63, 3.8) is 0 Å². The summed E-state index contributed by atoms with van der Waals surface area (Å²) in [5.41, 5.74) is 7.93. The van der Waals surface area contributed by atoms with E-state index < -0.39 is 0 Å². The second-order valence-electron chi connectivity index (χ2n) is 3.31. The highest BCUT2D eigenvalue weighted by atomic mass is 15.0. The molecule has 0 aliphatic carbocycles. The zero-order valence-corrected chi connectivity index (χ0v) is 8.25. The van der Waals surface area contributed by atoms with Crippen LogP contribution in [0.3, 0.4) is 0 Å². The van der Waals surface area contributed by atoms with Crippen molar-refractivity contribution in [1.82, 2.24) is 24.9 Å². The number of nitrogen functional groups attached to an aromatic ring is 1. The summed E-state index contributed by atoms with van der Waals surface area (Å²) in [4.78, 5) is 19.3. The Kier molecular flexibility index (Phi) is 1.79. The normalized spacial score (nSPS) is 10.8. The van der Waals surface area contributed by atoms with E-state index in [1.807, 2.05) is 6.07 Å². The van der Waals surface area contributed by atoms with Gasteiger partial charge in [-0.15, -0.1) is 0 Å². The third-order valence-electron chi connectivity index (χ3n) is 2.22. The fraction of sp³-hybridized carbons (Fsp3) is 0. The maximum Gasteiger partial charge on any atom is 0.181 e. The van der Waals surface area contributed by atoms with Crippen LogP contribution in [0.1, 0.15) is 0 Å². The summed E-state index contributed by atoms with van der Waals surface area (Å²) in [6, 6.07) is 3.59. The van der Waals surface area contributed by atoms with Gasteiger partial charge >= 0.3 is 0 Å². The Bertz CT molecular complexity index is 611. The number of fused-ring (bicyclic) bond motifs is 1. The minimum Gasteiger partial charge on any atom is -0.384 e. The number of pyridine rings is 1. The molecule has 0 bridgehead atoms. The minimum absolute atomic E-state index is 0.462. The molecule has 0 aromatic carbocycles. The van der Waals surface area contributed by atoms with Gasteiger partial charge in [-0.25, -0.2) is 19.9 Å². The Morgan fingerprint density at radius 2 is 2.19 bits per heavy atom. The number of hydrogen-bond donors (Lipinski definition) is 2. The predicted molar refractivity (Wildman–Crippen MR) is 59.3 cm³/mol. The zero-order chi connectivity index (χ0) is 11.0. The third-order valence-corrected chi connectivity index (χ3v) is 2.22. The van der Waals surface area contributed by atoms with E-state index in [9.17, 15) is 0 Å². The summed E-state index contributed by atoms with van der Waals surface area (Å²) < 4.78 is 0. The van der Waals surface area contributed by atoms with Crippen molar-refractivity contribution in [3.8, 4) is 11.4 Å². The van der Waals surface area contributed by atoms with Crippen LogP contribution in [0.4, 0.5) is 5.82 Å². The zero-order valence-electron chi connectivity index (χ0n) is 8.25. The maximum absolute atomic E-state index is 5.61. The van der Waals surface area contributed by atoms with Crippen molar-refractivity contribution in [2.75, 3.05) is 5.73 Å². The summed E-state index contributed by atoms with van der Waals surface area (Å²) >= 11 is 0. The van der Waals surface area contributed by atoms with Crippen LogP contribution >= 0.6 is 0 Å². The molecule has 0 aliphatic heterocycles. The smallest absolute Gasteiger partial charge is 0.181 e. The summed E-state index contributed by atoms with van der Waals surface area (Å²) in [5, 5.41) is 0. The number of H-pyrrole nitrogens is 1. The van der Waals surface area contributed by atoms with Crippen LogP contribution in [0.2, 0.25) is 0 Å². The number of hydrogen-bond acceptors (Lipinski definition) is 5. The van der Waals surface area contributed by atoms with Crippen LogP contribution in [0.5, 0.6) is 0 Å². The first kappa shape index (κ1) is 8.78. The molecule has 0 saturated carbocycles. The number of nitrogens with one attached hydrogen (secondary N) is 1. The van der Waals surface area contributed by atoms with Gasteiger partial charge in [-0.1, -0.05) is 0 Å². The van der Waals surface area contributed by atoms with Gasteiger partial charge in [-0.05, 0) is 12.1 Å². The van der Waals surface area contributed by atoms with E-state index in [1.165, 1.54) is 6.33 Å². The molecule has 16 heavy (non-hydrogen) atoms. The molecule has 0 radical (unpaired) electrons. The Morgan fingerprint density at radius 3 is 3.00 bits per heavy atom. The van der Waals surface area contributed by atoms with E-state index in [0.717, 1.165) is 11.1 Å². The maximum atomic E-state index is 5.61. The monoisotopic (exact) mass is 212 g/mol. The summed E-state index contributed by atoms with van der Waals surface area (Å²) in [5.74, 6) is 1.17. The van der Waals surface area contributed by atoms with Crippen molar-refractivity contribution in [3.05, 3.63) is 30.9 Å². The quantitative estimate of drug-likeness (QED) is 0.627. The molecule has 3 aromatic heterocycles. The first-order valence-corrected chi connectivity index (χ1v) is 4.70. The van der Waals surface area contributed by atoms with Crippen LogP contribution in [-0.2, 0) is 0 Å². The van der Waals surface area contributed by atoms with Crippen molar-refractivity contribution < 1.29 is 0 Å². The molecule has 0 spiro atoms. The largest absolute Gasteiger partial charge is 0.384 e. The van der Waals surface area contributed by atoms with Crippen LogP contribution in [-0.4, -0.2) is 24.9 Å². The number of rotatable bonds is 1. The molecule has 0 aliphatic rings. The molecule has 6 nitrogen and oxygen atoms in total. The van der Waals surface area contributed by atoms with Crippen LogP contribution in [0.15, 0.2) is 30.9 Å². The van der Waals surface area contributed by atoms with E-state index in [1.54, 1.807) is 18.5 Å². The molecule has 3 aromatic rings. The van der Waals surface area contributed by atoms with Crippen molar-refractivity contribution in [2.45, 2.75) is 0 Å². The fourth-order valence-corrected chi connectivity index (χ4v) is 1.49. The van der Waals surface area contributed by atoms with Gasteiger partial charge < -0.3 is 10.7 Å². The van der Waals surface area contributed by atoms with Gasteiger partial charge in [0.05, 0.1) is 6.20 Å². The average Bonchev–Trinajstić information content (AvgIpc) is 2.72. The molecule has 0 atom stereocenters. The van der Waals surface area contributed by atoms with E-state index >= 15 is 0 Å². The lowest BCUT2D eigenvalue weighted by Gasteiger charge is -1.96. The van der Waals surface area contributed by atoms with E-state index in [-0.39, 0.29) is 0 Å².